The summed E-state index contributed by atoms with van der Waals surface area (Å²) in [6.07, 6.45) is 0. The van der Waals surface area contributed by atoms with Crippen molar-refractivity contribution < 1.29 is 13.9 Å². The maximum Gasteiger partial charge on any atom is 0.367 e. The Morgan fingerprint density at radius 1 is 1.14 bits per heavy atom. The average molecular weight is 285 g/mol. The summed E-state index contributed by atoms with van der Waals surface area (Å²) in [5.41, 5.74) is 1.43. The standard InChI is InChI=1S/C17H16FNO2/c1-2-21-16(20)17(18)15(13-9-5-3-6-10-13)19(17)14-11-7-4-8-12-14/h3-12,15H,2H2,1H3/t15-,17-,19?/m1/s1. The van der Waals surface area contributed by atoms with E-state index in [4.69, 9.17) is 4.74 Å². The molecule has 2 aromatic rings. The summed E-state index contributed by atoms with van der Waals surface area (Å²) < 4.78 is 20.1. The molecule has 1 fully saturated rings. The molecule has 3 rings (SSSR count). The van der Waals surface area contributed by atoms with Gasteiger partial charge in [-0.1, -0.05) is 48.5 Å². The molecule has 0 unspecified atom stereocenters. The molecule has 0 spiro atoms. The van der Waals surface area contributed by atoms with Gasteiger partial charge in [0.25, 0.3) is 0 Å². The van der Waals surface area contributed by atoms with Gasteiger partial charge in [0, 0.05) is 5.69 Å². The molecule has 0 radical (unpaired) electrons. The number of alkyl halides is 1. The minimum Gasteiger partial charge on any atom is -0.462 e. The highest BCUT2D eigenvalue weighted by Gasteiger charge is 2.71. The van der Waals surface area contributed by atoms with Crippen LogP contribution in [0.4, 0.5) is 10.1 Å². The zero-order valence-electron chi connectivity index (χ0n) is 11.7. The fraction of sp³-hybridized carbons (Fsp3) is 0.235. The van der Waals surface area contributed by atoms with Crippen LogP contribution in [0.25, 0.3) is 0 Å². The van der Waals surface area contributed by atoms with Gasteiger partial charge in [-0.3, -0.25) is 0 Å². The third kappa shape index (κ3) is 2.17. The van der Waals surface area contributed by atoms with Gasteiger partial charge in [-0.05, 0) is 24.6 Å². The van der Waals surface area contributed by atoms with Crippen LogP contribution in [-0.2, 0) is 9.53 Å². The van der Waals surface area contributed by atoms with E-state index < -0.39 is 17.8 Å². The third-order valence-electron chi connectivity index (χ3n) is 3.61. The van der Waals surface area contributed by atoms with Crippen LogP contribution in [0.1, 0.15) is 18.5 Å². The van der Waals surface area contributed by atoms with Crippen molar-refractivity contribution in [1.82, 2.24) is 0 Å². The first-order valence-corrected chi connectivity index (χ1v) is 6.95. The van der Waals surface area contributed by atoms with Crippen LogP contribution in [0.3, 0.4) is 0 Å². The van der Waals surface area contributed by atoms with Crippen LogP contribution in [0.15, 0.2) is 60.7 Å². The van der Waals surface area contributed by atoms with Gasteiger partial charge in [0.15, 0.2) is 0 Å². The Hall–Kier alpha value is -2.36. The van der Waals surface area contributed by atoms with E-state index in [-0.39, 0.29) is 6.61 Å². The van der Waals surface area contributed by atoms with Crippen molar-refractivity contribution in [1.29, 1.82) is 0 Å². The molecule has 1 aliphatic heterocycles. The van der Waals surface area contributed by atoms with Gasteiger partial charge in [-0.25, -0.2) is 9.18 Å². The van der Waals surface area contributed by atoms with Crippen LogP contribution in [0.2, 0.25) is 0 Å². The fourth-order valence-electron chi connectivity index (χ4n) is 2.64. The molecular formula is C17H16FNO2. The zero-order valence-corrected chi connectivity index (χ0v) is 11.7. The summed E-state index contributed by atoms with van der Waals surface area (Å²) in [5, 5.41) is 0. The molecule has 0 saturated carbocycles. The lowest BCUT2D eigenvalue weighted by atomic mass is 10.1. The number of hydrogen-bond acceptors (Lipinski definition) is 3. The Morgan fingerprint density at radius 3 is 2.29 bits per heavy atom. The summed E-state index contributed by atoms with van der Waals surface area (Å²) in [7, 11) is 0. The number of anilines is 1. The van der Waals surface area contributed by atoms with Crippen molar-refractivity contribution in [3.8, 4) is 0 Å². The predicted molar refractivity (Wildman–Crippen MR) is 78.6 cm³/mol. The summed E-state index contributed by atoms with van der Waals surface area (Å²) >= 11 is 0. The van der Waals surface area contributed by atoms with Gasteiger partial charge in [-0.15, -0.1) is 0 Å². The fourth-order valence-corrected chi connectivity index (χ4v) is 2.64. The van der Waals surface area contributed by atoms with Gasteiger partial charge in [0.1, 0.15) is 6.04 Å². The lowest BCUT2D eigenvalue weighted by molar-refractivity contribution is -0.151. The topological polar surface area (TPSA) is 29.3 Å². The van der Waals surface area contributed by atoms with Crippen LogP contribution < -0.4 is 4.90 Å². The Kier molecular flexibility index (Phi) is 3.37. The first kappa shape index (κ1) is 13.6. The van der Waals surface area contributed by atoms with Crippen molar-refractivity contribution in [2.45, 2.75) is 18.8 Å². The number of carbonyl (C=O) groups excluding carboxylic acids is 1. The maximum atomic E-state index is 15.2. The number of halogens is 1. The second kappa shape index (κ2) is 5.20. The van der Waals surface area contributed by atoms with E-state index in [1.54, 1.807) is 19.1 Å². The molecule has 0 N–H and O–H groups in total. The second-order valence-corrected chi connectivity index (χ2v) is 4.91. The van der Waals surface area contributed by atoms with Gasteiger partial charge in [-0.2, -0.15) is 0 Å². The summed E-state index contributed by atoms with van der Waals surface area (Å²) in [6.45, 7) is 1.84. The first-order chi connectivity index (χ1) is 10.2. The van der Waals surface area contributed by atoms with E-state index in [0.717, 1.165) is 5.56 Å². The summed E-state index contributed by atoms with van der Waals surface area (Å²) in [5.74, 6) is -2.96. The smallest absolute Gasteiger partial charge is 0.367 e. The minimum absolute atomic E-state index is 0.161. The zero-order chi connectivity index (χ0) is 14.9. The molecule has 108 valence electrons. The summed E-state index contributed by atoms with van der Waals surface area (Å²) in [4.78, 5) is 13.5. The van der Waals surface area contributed by atoms with E-state index >= 15 is 4.39 Å². The third-order valence-corrected chi connectivity index (χ3v) is 3.61. The number of rotatable bonds is 4. The molecule has 4 heteroatoms. The molecule has 1 saturated heterocycles. The van der Waals surface area contributed by atoms with Crippen LogP contribution in [-0.4, -0.2) is 18.4 Å². The largest absolute Gasteiger partial charge is 0.462 e. The Balaban J connectivity index is 1.99. The van der Waals surface area contributed by atoms with Crippen molar-refractivity contribution in [2.75, 3.05) is 11.5 Å². The van der Waals surface area contributed by atoms with Crippen molar-refractivity contribution >= 4 is 11.7 Å². The van der Waals surface area contributed by atoms with Gasteiger partial charge >= 0.3 is 11.8 Å². The van der Waals surface area contributed by atoms with Gasteiger partial charge in [0.05, 0.1) is 6.61 Å². The van der Waals surface area contributed by atoms with E-state index in [1.165, 1.54) is 4.90 Å². The number of hydrogen-bond donors (Lipinski definition) is 0. The molecule has 1 aliphatic rings. The molecule has 21 heavy (non-hydrogen) atoms. The lowest BCUT2D eigenvalue weighted by Crippen LogP contribution is -2.27. The quantitative estimate of drug-likeness (QED) is 0.489. The number of nitrogens with zero attached hydrogens (tertiary/aromatic N) is 1. The van der Waals surface area contributed by atoms with Gasteiger partial charge < -0.3 is 9.64 Å². The maximum absolute atomic E-state index is 15.2. The van der Waals surface area contributed by atoms with Crippen LogP contribution in [0, 0.1) is 0 Å². The van der Waals surface area contributed by atoms with E-state index in [0.29, 0.717) is 5.69 Å². The predicted octanol–water partition coefficient (Wildman–Crippen LogP) is 3.48. The minimum atomic E-state index is -2.13. The molecular weight excluding hydrogens is 269 g/mol. The highest BCUT2D eigenvalue weighted by Crippen LogP contribution is 2.57. The van der Waals surface area contributed by atoms with Crippen LogP contribution >= 0.6 is 0 Å². The molecule has 3 nitrogen and oxygen atoms in total. The second-order valence-electron chi connectivity index (χ2n) is 4.91. The Bertz CT molecular complexity index is 584. The van der Waals surface area contributed by atoms with Crippen molar-refractivity contribution in [2.24, 2.45) is 0 Å². The molecule has 0 amide bonds. The average Bonchev–Trinajstić information content (AvgIpc) is 3.17. The van der Waals surface area contributed by atoms with E-state index in [2.05, 4.69) is 0 Å². The first-order valence-electron chi connectivity index (χ1n) is 6.95. The Labute approximate surface area is 123 Å². The highest BCUT2D eigenvalue weighted by atomic mass is 19.2. The van der Waals surface area contributed by atoms with E-state index in [9.17, 15) is 4.79 Å². The number of benzene rings is 2. The summed E-state index contributed by atoms with van der Waals surface area (Å²) in [6, 6.07) is 17.6. The molecule has 1 heterocycles. The molecule has 2 aromatic carbocycles. The number of para-hydroxylation sites is 1. The van der Waals surface area contributed by atoms with Gasteiger partial charge in [0.2, 0.25) is 0 Å². The monoisotopic (exact) mass is 285 g/mol. The highest BCUT2D eigenvalue weighted by molar-refractivity contribution is 5.92. The van der Waals surface area contributed by atoms with E-state index in [1.807, 2.05) is 48.5 Å². The molecule has 2 atom stereocenters. The Morgan fingerprint density at radius 2 is 1.71 bits per heavy atom. The number of carbonyl (C=O) groups is 1. The van der Waals surface area contributed by atoms with Crippen molar-refractivity contribution in [3.63, 3.8) is 0 Å². The van der Waals surface area contributed by atoms with Crippen LogP contribution in [0.5, 0.6) is 0 Å². The lowest BCUT2D eigenvalue weighted by Gasteiger charge is -2.08. The molecule has 0 bridgehead atoms. The molecule has 0 aromatic heterocycles. The van der Waals surface area contributed by atoms with Crippen molar-refractivity contribution in [3.05, 3.63) is 66.2 Å². The number of ether oxygens (including phenoxy) is 1. The number of esters is 1. The SMILES string of the molecule is CCOC(=O)[C@@]1(F)[C@@H](c2ccccc2)N1c1ccccc1. The normalized spacial score (nSPS) is 23.7. The molecule has 0 aliphatic carbocycles.